The largest absolute Gasteiger partial charge is 0.308 e. The van der Waals surface area contributed by atoms with Crippen LogP contribution < -0.4 is 5.32 Å². The number of rotatable bonds is 4. The second-order valence-electron chi connectivity index (χ2n) is 5.34. The van der Waals surface area contributed by atoms with Crippen LogP contribution in [0.3, 0.4) is 0 Å². The van der Waals surface area contributed by atoms with Gasteiger partial charge in [0.2, 0.25) is 0 Å². The van der Waals surface area contributed by atoms with Crippen LogP contribution in [0, 0.1) is 0 Å². The van der Waals surface area contributed by atoms with Crippen LogP contribution in [0.4, 0.5) is 0 Å². The Balaban J connectivity index is 1.77. The van der Waals surface area contributed by atoms with E-state index in [1.165, 1.54) is 32.4 Å². The van der Waals surface area contributed by atoms with E-state index in [4.69, 9.17) is 0 Å². The first-order chi connectivity index (χ1) is 8.75. The SMILES string of the molecule is CC(C)N1CCCC(NCc2ccncn2)CC1. The lowest BCUT2D eigenvalue weighted by molar-refractivity contribution is 0.229. The normalized spacial score (nSPS) is 22.1. The van der Waals surface area contributed by atoms with Crippen LogP contribution in [0.25, 0.3) is 0 Å². The molecule has 4 heteroatoms. The minimum absolute atomic E-state index is 0.628. The fraction of sp³-hybridized carbons (Fsp3) is 0.714. The molecule has 4 nitrogen and oxygen atoms in total. The van der Waals surface area contributed by atoms with E-state index in [9.17, 15) is 0 Å². The van der Waals surface area contributed by atoms with E-state index in [1.54, 1.807) is 12.5 Å². The predicted molar refractivity (Wildman–Crippen MR) is 73.2 cm³/mol. The molecule has 0 bridgehead atoms. The molecule has 1 saturated heterocycles. The number of hydrogen-bond acceptors (Lipinski definition) is 4. The minimum atomic E-state index is 0.628. The zero-order valence-corrected chi connectivity index (χ0v) is 11.5. The van der Waals surface area contributed by atoms with Crippen LogP contribution in [-0.4, -0.2) is 40.0 Å². The summed E-state index contributed by atoms with van der Waals surface area (Å²) >= 11 is 0. The lowest BCUT2D eigenvalue weighted by Gasteiger charge is -2.24. The first kappa shape index (κ1) is 13.4. The second-order valence-corrected chi connectivity index (χ2v) is 5.34. The Morgan fingerprint density at radius 1 is 1.39 bits per heavy atom. The molecule has 1 atom stereocenters. The molecule has 1 fully saturated rings. The maximum Gasteiger partial charge on any atom is 0.115 e. The van der Waals surface area contributed by atoms with Gasteiger partial charge < -0.3 is 10.2 Å². The number of likely N-dealkylation sites (tertiary alicyclic amines) is 1. The van der Waals surface area contributed by atoms with E-state index in [2.05, 4.69) is 34.0 Å². The average Bonchev–Trinajstić information content (AvgIpc) is 2.63. The third kappa shape index (κ3) is 4.03. The molecular formula is C14H24N4. The lowest BCUT2D eigenvalue weighted by Crippen LogP contribution is -2.33. The van der Waals surface area contributed by atoms with Crippen LogP contribution in [0.2, 0.25) is 0 Å². The summed E-state index contributed by atoms with van der Waals surface area (Å²) in [6, 6.07) is 3.28. The predicted octanol–water partition coefficient (Wildman–Crippen LogP) is 1.83. The van der Waals surface area contributed by atoms with Gasteiger partial charge in [-0.15, -0.1) is 0 Å². The van der Waals surface area contributed by atoms with Gasteiger partial charge in [0.1, 0.15) is 6.33 Å². The minimum Gasteiger partial charge on any atom is -0.308 e. The van der Waals surface area contributed by atoms with E-state index in [0.29, 0.717) is 12.1 Å². The van der Waals surface area contributed by atoms with Crippen molar-refractivity contribution in [3.05, 3.63) is 24.3 Å². The molecule has 1 aromatic rings. The summed E-state index contributed by atoms with van der Waals surface area (Å²) in [4.78, 5) is 10.8. The van der Waals surface area contributed by atoms with Gasteiger partial charge in [-0.3, -0.25) is 0 Å². The second kappa shape index (κ2) is 6.81. The molecule has 0 aliphatic carbocycles. The molecule has 1 aromatic heterocycles. The first-order valence-corrected chi connectivity index (χ1v) is 6.98. The highest BCUT2D eigenvalue weighted by Gasteiger charge is 2.18. The van der Waals surface area contributed by atoms with Crippen molar-refractivity contribution in [2.75, 3.05) is 13.1 Å². The fourth-order valence-corrected chi connectivity index (χ4v) is 2.51. The molecule has 0 amide bonds. The Morgan fingerprint density at radius 3 is 3.00 bits per heavy atom. The van der Waals surface area contributed by atoms with Crippen molar-refractivity contribution in [1.29, 1.82) is 0 Å². The highest BCUT2D eigenvalue weighted by molar-refractivity contribution is 4.97. The highest BCUT2D eigenvalue weighted by atomic mass is 15.1. The van der Waals surface area contributed by atoms with Crippen molar-refractivity contribution in [2.24, 2.45) is 0 Å². The summed E-state index contributed by atoms with van der Waals surface area (Å²) in [5.74, 6) is 0. The van der Waals surface area contributed by atoms with E-state index in [-0.39, 0.29) is 0 Å². The van der Waals surface area contributed by atoms with E-state index in [1.807, 2.05) is 6.07 Å². The standard InChI is InChI=1S/C14H24N4/c1-12(2)18-8-3-4-13(6-9-18)16-10-14-5-7-15-11-17-14/h5,7,11-13,16H,3-4,6,8-10H2,1-2H3. The van der Waals surface area contributed by atoms with Crippen LogP contribution in [-0.2, 0) is 6.54 Å². The van der Waals surface area contributed by atoms with Gasteiger partial charge in [0.15, 0.2) is 0 Å². The number of aromatic nitrogens is 2. The number of hydrogen-bond donors (Lipinski definition) is 1. The summed E-state index contributed by atoms with van der Waals surface area (Å²) < 4.78 is 0. The highest BCUT2D eigenvalue weighted by Crippen LogP contribution is 2.13. The van der Waals surface area contributed by atoms with Crippen molar-refractivity contribution >= 4 is 0 Å². The van der Waals surface area contributed by atoms with Crippen LogP contribution in [0.1, 0.15) is 38.8 Å². The summed E-state index contributed by atoms with van der Waals surface area (Å²) in [6.45, 7) is 7.88. The van der Waals surface area contributed by atoms with Gasteiger partial charge in [-0.1, -0.05) is 0 Å². The molecule has 18 heavy (non-hydrogen) atoms. The third-order valence-corrected chi connectivity index (χ3v) is 3.71. The molecule has 0 aromatic carbocycles. The van der Waals surface area contributed by atoms with Crippen LogP contribution in [0.5, 0.6) is 0 Å². The van der Waals surface area contributed by atoms with Gasteiger partial charge in [0.25, 0.3) is 0 Å². The fourth-order valence-electron chi connectivity index (χ4n) is 2.51. The molecule has 1 N–H and O–H groups in total. The zero-order valence-electron chi connectivity index (χ0n) is 11.5. The van der Waals surface area contributed by atoms with Gasteiger partial charge in [0.05, 0.1) is 5.69 Å². The Hall–Kier alpha value is -1.00. The quantitative estimate of drug-likeness (QED) is 0.882. The zero-order chi connectivity index (χ0) is 12.8. The van der Waals surface area contributed by atoms with Crippen molar-refractivity contribution in [3.8, 4) is 0 Å². The molecule has 1 aliphatic rings. The molecule has 0 spiro atoms. The van der Waals surface area contributed by atoms with E-state index < -0.39 is 0 Å². The first-order valence-electron chi connectivity index (χ1n) is 6.98. The Labute approximate surface area is 110 Å². The molecular weight excluding hydrogens is 224 g/mol. The number of nitrogens with zero attached hydrogens (tertiary/aromatic N) is 3. The molecule has 1 unspecified atom stereocenters. The Kier molecular flexibility index (Phi) is 5.08. The third-order valence-electron chi connectivity index (χ3n) is 3.71. The van der Waals surface area contributed by atoms with Crippen LogP contribution in [0.15, 0.2) is 18.6 Å². The maximum absolute atomic E-state index is 4.25. The van der Waals surface area contributed by atoms with Gasteiger partial charge in [-0.05, 0) is 52.3 Å². The smallest absolute Gasteiger partial charge is 0.115 e. The van der Waals surface area contributed by atoms with Gasteiger partial charge >= 0.3 is 0 Å². The van der Waals surface area contributed by atoms with Gasteiger partial charge in [-0.2, -0.15) is 0 Å². The molecule has 0 radical (unpaired) electrons. The van der Waals surface area contributed by atoms with Crippen molar-refractivity contribution < 1.29 is 0 Å². The molecule has 100 valence electrons. The van der Waals surface area contributed by atoms with Crippen LogP contribution >= 0.6 is 0 Å². The molecule has 2 heterocycles. The topological polar surface area (TPSA) is 41.0 Å². The van der Waals surface area contributed by atoms with Gasteiger partial charge in [0, 0.05) is 24.8 Å². The lowest BCUT2D eigenvalue weighted by atomic mass is 10.1. The Bertz CT molecular complexity index is 339. The van der Waals surface area contributed by atoms with Crippen molar-refractivity contribution in [2.45, 2.75) is 51.7 Å². The average molecular weight is 248 g/mol. The van der Waals surface area contributed by atoms with Crippen molar-refractivity contribution in [1.82, 2.24) is 20.2 Å². The monoisotopic (exact) mass is 248 g/mol. The summed E-state index contributed by atoms with van der Waals surface area (Å²) in [5.41, 5.74) is 1.08. The number of nitrogens with one attached hydrogen (secondary N) is 1. The Morgan fingerprint density at radius 2 is 2.28 bits per heavy atom. The molecule has 0 saturated carbocycles. The summed E-state index contributed by atoms with van der Waals surface area (Å²) in [7, 11) is 0. The summed E-state index contributed by atoms with van der Waals surface area (Å²) in [6.07, 6.45) is 7.22. The van der Waals surface area contributed by atoms with E-state index >= 15 is 0 Å². The van der Waals surface area contributed by atoms with Crippen molar-refractivity contribution in [3.63, 3.8) is 0 Å². The van der Waals surface area contributed by atoms with E-state index in [0.717, 1.165) is 12.2 Å². The van der Waals surface area contributed by atoms with Gasteiger partial charge in [-0.25, -0.2) is 9.97 Å². The maximum atomic E-state index is 4.25. The molecule has 2 rings (SSSR count). The molecule has 1 aliphatic heterocycles. The summed E-state index contributed by atoms with van der Waals surface area (Å²) in [5, 5.41) is 3.62.